The van der Waals surface area contributed by atoms with Crippen LogP contribution in [0.1, 0.15) is 25.7 Å². The summed E-state index contributed by atoms with van der Waals surface area (Å²) in [5.41, 5.74) is 7.85. The first-order valence-electron chi connectivity index (χ1n) is 13.5. The monoisotopic (exact) mass is 605 g/mol. The van der Waals surface area contributed by atoms with E-state index in [9.17, 15) is 48.6 Å². The van der Waals surface area contributed by atoms with Crippen LogP contribution in [-0.4, -0.2) is 141 Å². The van der Waals surface area contributed by atoms with E-state index in [1.807, 2.05) is 0 Å². The number of carboxylic acids is 2. The van der Waals surface area contributed by atoms with Crippen molar-refractivity contribution in [1.29, 1.82) is 0 Å². The molecule has 0 aromatic heterocycles. The minimum Gasteiger partial charge on any atom is -0.481 e. The Bertz CT molecular complexity index is 1140. The molecule has 0 aliphatic carbocycles. The van der Waals surface area contributed by atoms with E-state index in [1.54, 1.807) is 0 Å². The molecule has 0 spiro atoms. The Hall–Kier alpha value is -4.48. The van der Waals surface area contributed by atoms with Gasteiger partial charge in [0.25, 0.3) is 23.6 Å². The molecule has 17 heteroatoms. The highest BCUT2D eigenvalue weighted by Gasteiger charge is 2.48. The topological polar surface area (TPSA) is 254 Å². The van der Waals surface area contributed by atoms with Crippen molar-refractivity contribution in [2.75, 3.05) is 52.4 Å². The maximum Gasteiger partial charge on any atom is 0.305 e. The first kappa shape index (κ1) is 33.0. The highest BCUT2D eigenvalue weighted by Crippen LogP contribution is 2.29. The Labute approximate surface area is 246 Å². The minimum absolute atomic E-state index is 0.0924. The van der Waals surface area contributed by atoms with E-state index in [4.69, 9.17) is 11.5 Å². The largest absolute Gasteiger partial charge is 0.481 e. The lowest BCUT2D eigenvalue weighted by molar-refractivity contribution is -0.150. The maximum absolute atomic E-state index is 13.0. The molecular weight excluding hydrogens is 570 g/mol. The molecule has 1 saturated heterocycles. The number of nitrogens with one attached hydrogen (secondary N) is 1. The molecule has 2 atom stereocenters. The maximum atomic E-state index is 13.0. The van der Waals surface area contributed by atoms with E-state index in [0.717, 1.165) is 34.1 Å². The smallest absolute Gasteiger partial charge is 0.305 e. The molecule has 0 aromatic rings. The third-order valence-corrected chi connectivity index (χ3v) is 8.07. The summed E-state index contributed by atoms with van der Waals surface area (Å²) in [5.74, 6) is -7.27. The molecule has 2 unspecified atom stereocenters. The third-order valence-electron chi connectivity index (χ3n) is 8.07. The molecule has 17 nitrogen and oxygen atoms in total. The van der Waals surface area contributed by atoms with E-state index in [0.29, 0.717) is 0 Å². The Morgan fingerprint density at radius 3 is 1.26 bits per heavy atom. The van der Waals surface area contributed by atoms with Crippen molar-refractivity contribution in [3.63, 3.8) is 0 Å². The van der Waals surface area contributed by atoms with Crippen molar-refractivity contribution < 1.29 is 48.6 Å². The average Bonchev–Trinajstić information content (AvgIpc) is 3.46. The Morgan fingerprint density at radius 2 is 0.977 bits per heavy atom. The SMILES string of the molecule is NC(=O)C(CCN1C(=O)C=CC1=O)(CC(=O)O)N1CCNCCN(C(CCN2C(=O)C=CC2=O)(CC(=O)O)C(N)=O)CC1. The zero-order chi connectivity index (χ0) is 31.9. The van der Waals surface area contributed by atoms with E-state index in [1.165, 1.54) is 9.80 Å². The molecule has 3 rings (SSSR count). The van der Waals surface area contributed by atoms with Gasteiger partial charge >= 0.3 is 11.9 Å². The highest BCUT2D eigenvalue weighted by atomic mass is 16.4. The zero-order valence-corrected chi connectivity index (χ0v) is 23.4. The van der Waals surface area contributed by atoms with Crippen LogP contribution < -0.4 is 16.8 Å². The molecule has 1 fully saturated rings. The van der Waals surface area contributed by atoms with Crippen molar-refractivity contribution in [2.24, 2.45) is 11.5 Å². The van der Waals surface area contributed by atoms with Gasteiger partial charge in [-0.3, -0.25) is 58.0 Å². The van der Waals surface area contributed by atoms with Crippen LogP contribution in [0.5, 0.6) is 0 Å². The number of rotatable bonds is 14. The minimum atomic E-state index is -1.88. The molecule has 3 heterocycles. The van der Waals surface area contributed by atoms with Crippen molar-refractivity contribution in [3.8, 4) is 0 Å². The lowest BCUT2D eigenvalue weighted by Gasteiger charge is -2.44. The van der Waals surface area contributed by atoms with Gasteiger partial charge in [-0.1, -0.05) is 0 Å². The number of imide groups is 2. The standard InChI is InChI=1S/C26H35N7O10/c27-23(42)25(15-21(38)39,5-9-32-17(34)1-2-18(32)35)30-11-7-29-8-12-31(14-13-30)26(24(28)43,16-22(40)41)6-10-33-19(36)3-4-20(33)37/h1-4,29H,5-16H2,(H2,27,42)(H2,28,43)(H,38,39)(H,40,41). The number of hydrogen-bond donors (Lipinski definition) is 5. The Balaban J connectivity index is 1.95. The first-order valence-corrected chi connectivity index (χ1v) is 13.5. The van der Waals surface area contributed by atoms with Crippen LogP contribution in [0.2, 0.25) is 0 Å². The van der Waals surface area contributed by atoms with Crippen LogP contribution in [0.4, 0.5) is 0 Å². The predicted octanol–water partition coefficient (Wildman–Crippen LogP) is -3.78. The second-order valence-electron chi connectivity index (χ2n) is 10.5. The second-order valence-corrected chi connectivity index (χ2v) is 10.5. The van der Waals surface area contributed by atoms with Gasteiger partial charge in [0.2, 0.25) is 11.8 Å². The third kappa shape index (κ3) is 7.30. The van der Waals surface area contributed by atoms with Gasteiger partial charge in [0.05, 0.1) is 12.8 Å². The summed E-state index contributed by atoms with van der Waals surface area (Å²) in [5, 5.41) is 22.6. The molecule has 6 amide bonds. The van der Waals surface area contributed by atoms with Crippen molar-refractivity contribution in [2.45, 2.75) is 36.8 Å². The molecule has 0 bridgehead atoms. The number of carboxylic acid groups (broad SMARTS) is 2. The Kier molecular flexibility index (Phi) is 10.5. The van der Waals surface area contributed by atoms with Crippen LogP contribution in [0.3, 0.4) is 0 Å². The van der Waals surface area contributed by atoms with Gasteiger partial charge < -0.3 is 27.0 Å². The molecule has 0 radical (unpaired) electrons. The van der Waals surface area contributed by atoms with Crippen LogP contribution in [0.15, 0.2) is 24.3 Å². The summed E-state index contributed by atoms with van der Waals surface area (Å²) in [7, 11) is 0. The van der Waals surface area contributed by atoms with Crippen LogP contribution in [0.25, 0.3) is 0 Å². The lowest BCUT2D eigenvalue weighted by Crippen LogP contribution is -2.64. The fourth-order valence-electron chi connectivity index (χ4n) is 5.72. The molecule has 0 aromatic carbocycles. The van der Waals surface area contributed by atoms with E-state index < -0.39 is 71.3 Å². The number of hydrogen-bond acceptors (Lipinski definition) is 11. The van der Waals surface area contributed by atoms with E-state index in [-0.39, 0.29) is 65.2 Å². The number of nitrogens with two attached hydrogens (primary N) is 2. The molecule has 3 aliphatic heterocycles. The molecule has 7 N–H and O–H groups in total. The van der Waals surface area contributed by atoms with E-state index >= 15 is 0 Å². The van der Waals surface area contributed by atoms with Crippen molar-refractivity contribution in [3.05, 3.63) is 24.3 Å². The second kappa shape index (κ2) is 13.7. The number of carbonyl (C=O) groups is 8. The lowest BCUT2D eigenvalue weighted by atomic mass is 9.86. The van der Waals surface area contributed by atoms with Gasteiger partial charge in [0.15, 0.2) is 0 Å². The van der Waals surface area contributed by atoms with Gasteiger partial charge in [-0.15, -0.1) is 0 Å². The van der Waals surface area contributed by atoms with Crippen LogP contribution in [0, 0.1) is 0 Å². The van der Waals surface area contributed by atoms with E-state index in [2.05, 4.69) is 5.32 Å². The number of carbonyl (C=O) groups excluding carboxylic acids is 6. The summed E-state index contributed by atoms with van der Waals surface area (Å²) in [4.78, 5) is 103. The first-order chi connectivity index (χ1) is 20.2. The summed E-state index contributed by atoms with van der Waals surface area (Å²) >= 11 is 0. The zero-order valence-electron chi connectivity index (χ0n) is 23.4. The summed E-state index contributed by atoms with van der Waals surface area (Å²) in [6.07, 6.45) is 2.06. The number of amides is 6. The quantitative estimate of drug-likeness (QED) is 0.119. The summed E-state index contributed by atoms with van der Waals surface area (Å²) in [6, 6.07) is 0. The van der Waals surface area contributed by atoms with Crippen molar-refractivity contribution >= 4 is 47.4 Å². The molecule has 234 valence electrons. The number of nitrogens with zero attached hydrogens (tertiary/aromatic N) is 4. The summed E-state index contributed by atoms with van der Waals surface area (Å²) in [6.45, 7) is -0.154. The van der Waals surface area contributed by atoms with Gasteiger partial charge in [-0.05, 0) is 12.8 Å². The normalized spacial score (nSPS) is 21.3. The number of aliphatic carboxylic acids is 2. The van der Waals surface area contributed by atoms with Gasteiger partial charge in [-0.2, -0.15) is 0 Å². The van der Waals surface area contributed by atoms with Crippen molar-refractivity contribution in [1.82, 2.24) is 24.9 Å². The van der Waals surface area contributed by atoms with Gasteiger partial charge in [-0.25, -0.2) is 0 Å². The van der Waals surface area contributed by atoms with Crippen LogP contribution in [-0.2, 0) is 38.4 Å². The highest BCUT2D eigenvalue weighted by molar-refractivity contribution is 6.13. The van der Waals surface area contributed by atoms with Gasteiger partial charge in [0.1, 0.15) is 11.1 Å². The number of primary amides is 2. The Morgan fingerprint density at radius 1 is 0.651 bits per heavy atom. The average molecular weight is 606 g/mol. The van der Waals surface area contributed by atoms with Crippen LogP contribution >= 0.6 is 0 Å². The summed E-state index contributed by atoms with van der Waals surface area (Å²) < 4.78 is 0. The van der Waals surface area contributed by atoms with Gasteiger partial charge in [0, 0.05) is 76.7 Å². The predicted molar refractivity (Wildman–Crippen MR) is 145 cm³/mol. The molecular formula is C26H35N7O10. The molecule has 3 aliphatic rings. The molecule has 0 saturated carbocycles. The fraction of sp³-hybridized carbons (Fsp3) is 0.538. The molecule has 43 heavy (non-hydrogen) atoms. The fourth-order valence-corrected chi connectivity index (χ4v) is 5.72.